The SMILES string of the molecule is O=C1CSC(N2N=C(c3ccc(F)cc3)CC2c2cccs2)=N1. The van der Waals surface area contributed by atoms with E-state index in [1.165, 1.54) is 28.8 Å². The fourth-order valence-electron chi connectivity index (χ4n) is 2.62. The largest absolute Gasteiger partial charge is 0.272 e. The molecular formula is C16H12FN3OS2. The molecule has 0 N–H and O–H groups in total. The Morgan fingerprint density at radius 1 is 1.22 bits per heavy atom. The van der Waals surface area contributed by atoms with Gasteiger partial charge in [0.05, 0.1) is 17.5 Å². The quantitative estimate of drug-likeness (QED) is 0.834. The maximum atomic E-state index is 13.1. The van der Waals surface area contributed by atoms with Crippen molar-refractivity contribution in [2.24, 2.45) is 10.1 Å². The second-order valence-electron chi connectivity index (χ2n) is 5.21. The summed E-state index contributed by atoms with van der Waals surface area (Å²) in [5.41, 5.74) is 1.77. The number of aliphatic imine (C=N–C) groups is 1. The molecular weight excluding hydrogens is 333 g/mol. The van der Waals surface area contributed by atoms with E-state index >= 15 is 0 Å². The summed E-state index contributed by atoms with van der Waals surface area (Å²) in [6, 6.07) is 10.4. The fraction of sp³-hybridized carbons (Fsp3) is 0.188. The van der Waals surface area contributed by atoms with Crippen LogP contribution in [-0.2, 0) is 4.79 Å². The van der Waals surface area contributed by atoms with E-state index in [1.807, 2.05) is 16.5 Å². The van der Waals surface area contributed by atoms with Gasteiger partial charge in [0.1, 0.15) is 5.82 Å². The summed E-state index contributed by atoms with van der Waals surface area (Å²) in [7, 11) is 0. The van der Waals surface area contributed by atoms with Crippen LogP contribution in [0.15, 0.2) is 51.9 Å². The molecule has 2 aliphatic heterocycles. The summed E-state index contributed by atoms with van der Waals surface area (Å²) in [5, 5.41) is 9.18. The number of amidine groups is 1. The molecule has 0 fully saturated rings. The standard InChI is InChI=1S/C16H12FN3OS2/c17-11-5-3-10(4-6-11)12-8-13(14-2-1-7-22-14)20(19-12)16-18-15(21)9-23-16/h1-7,13H,8-9H2. The smallest absolute Gasteiger partial charge is 0.258 e. The van der Waals surface area contributed by atoms with Gasteiger partial charge in [-0.2, -0.15) is 10.1 Å². The second-order valence-corrected chi connectivity index (χ2v) is 7.13. The minimum absolute atomic E-state index is 0.0344. The van der Waals surface area contributed by atoms with Gasteiger partial charge < -0.3 is 0 Å². The molecule has 4 rings (SSSR count). The van der Waals surface area contributed by atoms with Gasteiger partial charge in [0, 0.05) is 11.3 Å². The van der Waals surface area contributed by atoms with Crippen molar-refractivity contribution in [3.05, 3.63) is 58.0 Å². The number of halogens is 1. The highest BCUT2D eigenvalue weighted by Gasteiger charge is 2.35. The number of carbonyl (C=O) groups excluding carboxylic acids is 1. The Labute approximate surface area is 140 Å². The molecule has 1 amide bonds. The zero-order valence-electron chi connectivity index (χ0n) is 12.0. The van der Waals surface area contributed by atoms with Crippen LogP contribution in [0.2, 0.25) is 0 Å². The summed E-state index contributed by atoms with van der Waals surface area (Å²) in [6.45, 7) is 0. The van der Waals surface area contributed by atoms with Crippen LogP contribution < -0.4 is 0 Å². The van der Waals surface area contributed by atoms with Gasteiger partial charge >= 0.3 is 0 Å². The van der Waals surface area contributed by atoms with Gasteiger partial charge in [-0.15, -0.1) is 11.3 Å². The molecule has 2 aliphatic rings. The molecule has 116 valence electrons. The molecule has 4 nitrogen and oxygen atoms in total. The minimum atomic E-state index is -0.264. The summed E-state index contributed by atoms with van der Waals surface area (Å²) in [4.78, 5) is 16.7. The first-order chi connectivity index (χ1) is 11.2. The first-order valence-electron chi connectivity index (χ1n) is 7.11. The first-order valence-corrected chi connectivity index (χ1v) is 8.97. The zero-order valence-corrected chi connectivity index (χ0v) is 13.6. The van der Waals surface area contributed by atoms with Crippen LogP contribution in [0.5, 0.6) is 0 Å². The van der Waals surface area contributed by atoms with Crippen molar-refractivity contribution in [3.63, 3.8) is 0 Å². The Kier molecular flexibility index (Phi) is 3.74. The van der Waals surface area contributed by atoms with Gasteiger partial charge in [-0.25, -0.2) is 9.40 Å². The fourth-order valence-corrected chi connectivity index (χ4v) is 4.22. The van der Waals surface area contributed by atoms with Gasteiger partial charge in [0.2, 0.25) is 0 Å². The highest BCUT2D eigenvalue weighted by atomic mass is 32.2. The second kappa shape index (κ2) is 5.90. The van der Waals surface area contributed by atoms with Crippen LogP contribution in [0.25, 0.3) is 0 Å². The number of amides is 1. The average Bonchev–Trinajstić information content (AvgIpc) is 3.27. The molecule has 0 radical (unpaired) electrons. The van der Waals surface area contributed by atoms with Crippen LogP contribution in [0.3, 0.4) is 0 Å². The number of hydrogen-bond acceptors (Lipinski definition) is 5. The molecule has 1 unspecified atom stereocenters. The maximum absolute atomic E-state index is 13.1. The Hall–Kier alpha value is -1.99. The van der Waals surface area contributed by atoms with Crippen LogP contribution in [-0.4, -0.2) is 27.5 Å². The predicted molar refractivity (Wildman–Crippen MR) is 91.4 cm³/mol. The Balaban J connectivity index is 1.70. The summed E-state index contributed by atoms with van der Waals surface area (Å²) < 4.78 is 13.1. The number of nitrogens with zero attached hydrogens (tertiary/aromatic N) is 3. The number of thiophene rings is 1. The average molecular weight is 345 g/mol. The van der Waals surface area contributed by atoms with Crippen molar-refractivity contribution in [2.75, 3.05) is 5.75 Å². The highest BCUT2D eigenvalue weighted by molar-refractivity contribution is 8.14. The molecule has 7 heteroatoms. The molecule has 3 heterocycles. The van der Waals surface area contributed by atoms with Gasteiger partial charge in [0.25, 0.3) is 5.91 Å². The van der Waals surface area contributed by atoms with Crippen molar-refractivity contribution < 1.29 is 9.18 Å². The lowest BCUT2D eigenvalue weighted by Gasteiger charge is -2.21. The van der Waals surface area contributed by atoms with E-state index in [0.717, 1.165) is 11.3 Å². The van der Waals surface area contributed by atoms with E-state index in [9.17, 15) is 9.18 Å². The molecule has 0 bridgehead atoms. The Morgan fingerprint density at radius 2 is 2.04 bits per heavy atom. The van der Waals surface area contributed by atoms with E-state index < -0.39 is 0 Å². The lowest BCUT2D eigenvalue weighted by atomic mass is 10.0. The van der Waals surface area contributed by atoms with Gasteiger partial charge in [-0.05, 0) is 29.1 Å². The molecule has 1 atom stereocenters. The molecule has 2 aromatic rings. The van der Waals surface area contributed by atoms with E-state index in [4.69, 9.17) is 0 Å². The molecule has 0 saturated heterocycles. The van der Waals surface area contributed by atoms with Crippen molar-refractivity contribution in [1.29, 1.82) is 0 Å². The Bertz CT molecular complexity index is 799. The molecule has 23 heavy (non-hydrogen) atoms. The predicted octanol–water partition coefficient (Wildman–Crippen LogP) is 3.67. The lowest BCUT2D eigenvalue weighted by Crippen LogP contribution is -2.23. The van der Waals surface area contributed by atoms with E-state index in [-0.39, 0.29) is 17.8 Å². The number of hydrogen-bond donors (Lipinski definition) is 0. The normalized spacial score (nSPS) is 20.8. The van der Waals surface area contributed by atoms with E-state index in [0.29, 0.717) is 17.3 Å². The van der Waals surface area contributed by atoms with E-state index in [2.05, 4.69) is 16.2 Å². The molecule has 0 spiro atoms. The third-order valence-electron chi connectivity index (χ3n) is 3.70. The van der Waals surface area contributed by atoms with Crippen molar-refractivity contribution in [3.8, 4) is 0 Å². The number of hydrazone groups is 1. The third-order valence-corrected chi connectivity index (χ3v) is 5.60. The van der Waals surface area contributed by atoms with Crippen LogP contribution >= 0.6 is 23.1 Å². The number of carbonyl (C=O) groups is 1. The van der Waals surface area contributed by atoms with Crippen molar-refractivity contribution in [2.45, 2.75) is 12.5 Å². The van der Waals surface area contributed by atoms with Crippen LogP contribution in [0, 0.1) is 5.82 Å². The highest BCUT2D eigenvalue weighted by Crippen LogP contribution is 2.37. The molecule has 1 aromatic carbocycles. The minimum Gasteiger partial charge on any atom is -0.272 e. The first kappa shape index (κ1) is 14.6. The lowest BCUT2D eigenvalue weighted by molar-refractivity contribution is -0.115. The van der Waals surface area contributed by atoms with E-state index in [1.54, 1.807) is 23.5 Å². The molecule has 0 aliphatic carbocycles. The number of thioether (sulfide) groups is 1. The van der Waals surface area contributed by atoms with Crippen LogP contribution in [0.4, 0.5) is 4.39 Å². The van der Waals surface area contributed by atoms with Crippen molar-refractivity contribution in [1.82, 2.24) is 5.01 Å². The van der Waals surface area contributed by atoms with Gasteiger partial charge in [0.15, 0.2) is 5.17 Å². The number of rotatable bonds is 2. The zero-order chi connectivity index (χ0) is 15.8. The molecule has 1 aromatic heterocycles. The Morgan fingerprint density at radius 3 is 2.70 bits per heavy atom. The monoisotopic (exact) mass is 345 g/mol. The molecule has 0 saturated carbocycles. The third kappa shape index (κ3) is 2.82. The summed E-state index contributed by atoms with van der Waals surface area (Å²) in [6.07, 6.45) is 0.708. The summed E-state index contributed by atoms with van der Waals surface area (Å²) >= 11 is 3.07. The van der Waals surface area contributed by atoms with Gasteiger partial charge in [-0.3, -0.25) is 4.79 Å². The number of benzene rings is 1. The van der Waals surface area contributed by atoms with Crippen molar-refractivity contribution >= 4 is 39.9 Å². The topological polar surface area (TPSA) is 45.0 Å². The summed E-state index contributed by atoms with van der Waals surface area (Å²) in [5.74, 6) is -0.0228. The maximum Gasteiger partial charge on any atom is 0.258 e. The van der Waals surface area contributed by atoms with Crippen LogP contribution in [0.1, 0.15) is 22.9 Å². The van der Waals surface area contributed by atoms with Gasteiger partial charge in [-0.1, -0.05) is 30.0 Å².